The van der Waals surface area contributed by atoms with Gasteiger partial charge in [-0.3, -0.25) is 0 Å². The van der Waals surface area contributed by atoms with Crippen molar-refractivity contribution in [2.45, 2.75) is 13.2 Å². The Hall–Kier alpha value is -3.06. The van der Waals surface area contributed by atoms with Crippen molar-refractivity contribution in [2.24, 2.45) is 0 Å². The molecule has 0 aliphatic carbocycles. The van der Waals surface area contributed by atoms with E-state index in [0.29, 0.717) is 16.3 Å². The van der Waals surface area contributed by atoms with Crippen LogP contribution in [0.2, 0.25) is 0 Å². The molecule has 0 radical (unpaired) electrons. The predicted octanol–water partition coefficient (Wildman–Crippen LogP) is 3.65. The average Bonchev–Trinajstić information content (AvgIpc) is 3.10. The predicted molar refractivity (Wildman–Crippen MR) is 94.3 cm³/mol. The van der Waals surface area contributed by atoms with Crippen LogP contribution in [0.3, 0.4) is 0 Å². The molecule has 0 atom stereocenters. The highest BCUT2D eigenvalue weighted by atomic mass is 32.1. The highest BCUT2D eigenvalue weighted by Gasteiger charge is 2.09. The number of aromatic nitrogens is 1. The summed E-state index contributed by atoms with van der Waals surface area (Å²) in [5, 5.41) is 24.1. The van der Waals surface area contributed by atoms with E-state index >= 15 is 0 Å². The van der Waals surface area contributed by atoms with Gasteiger partial charge in [-0.2, -0.15) is 0 Å². The minimum Gasteiger partial charge on any atom is -0.504 e. The molecule has 1 heterocycles. The Labute approximate surface area is 148 Å². The second kappa shape index (κ2) is 7.67. The number of hydrogen-bond donors (Lipinski definition) is 3. The minimum absolute atomic E-state index is 0.179. The zero-order valence-corrected chi connectivity index (χ0v) is 14.0. The van der Waals surface area contributed by atoms with E-state index in [2.05, 4.69) is 10.3 Å². The van der Waals surface area contributed by atoms with Crippen LogP contribution < -0.4 is 5.32 Å². The van der Waals surface area contributed by atoms with Crippen LogP contribution in [-0.2, 0) is 17.9 Å². The summed E-state index contributed by atoms with van der Waals surface area (Å²) < 4.78 is 5.14. The first-order valence-electron chi connectivity index (χ1n) is 7.53. The van der Waals surface area contributed by atoms with Gasteiger partial charge in [-0.25, -0.2) is 9.78 Å². The molecular weight excluding hydrogens is 340 g/mol. The Bertz CT molecular complexity index is 865. The Kier molecular flexibility index (Phi) is 5.15. The molecule has 3 aromatic rings. The number of carbonyl (C=O) groups excluding carboxylic acids is 1. The molecule has 6 nitrogen and oxygen atoms in total. The van der Waals surface area contributed by atoms with E-state index in [4.69, 9.17) is 4.74 Å². The van der Waals surface area contributed by atoms with Gasteiger partial charge < -0.3 is 20.3 Å². The van der Waals surface area contributed by atoms with Gasteiger partial charge in [0, 0.05) is 10.9 Å². The van der Waals surface area contributed by atoms with Crippen molar-refractivity contribution in [3.63, 3.8) is 0 Å². The van der Waals surface area contributed by atoms with Gasteiger partial charge in [-0.1, -0.05) is 30.3 Å². The number of amides is 1. The zero-order valence-electron chi connectivity index (χ0n) is 13.2. The van der Waals surface area contributed by atoms with Gasteiger partial charge in [-0.15, -0.1) is 11.3 Å². The summed E-state index contributed by atoms with van der Waals surface area (Å²) in [7, 11) is 0. The molecule has 0 bridgehead atoms. The topological polar surface area (TPSA) is 91.7 Å². The largest absolute Gasteiger partial charge is 0.504 e. The van der Waals surface area contributed by atoms with E-state index in [0.717, 1.165) is 5.56 Å². The lowest BCUT2D eigenvalue weighted by molar-refractivity contribution is 0.139. The second-order valence-electron chi connectivity index (χ2n) is 5.25. The molecule has 0 fully saturated rings. The maximum atomic E-state index is 11.7. The fourth-order valence-corrected chi connectivity index (χ4v) is 2.87. The Balaban J connectivity index is 1.53. The number of hydrogen-bond acceptors (Lipinski definition) is 6. The molecule has 128 valence electrons. The van der Waals surface area contributed by atoms with Crippen molar-refractivity contribution < 1.29 is 19.7 Å². The molecule has 0 aliphatic rings. The third kappa shape index (κ3) is 4.48. The SMILES string of the molecule is O=C(NCc1nc(-c2ccc(O)c(O)c2)cs1)OCc1ccccc1. The normalized spacial score (nSPS) is 10.4. The van der Waals surface area contributed by atoms with Crippen LogP contribution in [0.5, 0.6) is 11.5 Å². The second-order valence-corrected chi connectivity index (χ2v) is 6.19. The fourth-order valence-electron chi connectivity index (χ4n) is 2.13. The number of alkyl carbamates (subject to hydrolysis) is 1. The highest BCUT2D eigenvalue weighted by Crippen LogP contribution is 2.30. The molecule has 1 aromatic heterocycles. The summed E-state index contributed by atoms with van der Waals surface area (Å²) >= 11 is 1.39. The Morgan fingerprint density at radius 1 is 1.12 bits per heavy atom. The van der Waals surface area contributed by atoms with Crippen molar-refractivity contribution in [2.75, 3.05) is 0 Å². The first kappa shape index (κ1) is 16.8. The molecule has 0 spiro atoms. The number of rotatable bonds is 5. The number of phenolic OH excluding ortho intramolecular Hbond substituents is 2. The minimum atomic E-state index is -0.511. The van der Waals surface area contributed by atoms with Gasteiger partial charge in [0.25, 0.3) is 0 Å². The van der Waals surface area contributed by atoms with Crippen LogP contribution in [0, 0.1) is 0 Å². The van der Waals surface area contributed by atoms with Crippen LogP contribution >= 0.6 is 11.3 Å². The maximum absolute atomic E-state index is 11.7. The number of nitrogens with one attached hydrogen (secondary N) is 1. The molecule has 0 saturated heterocycles. The van der Waals surface area contributed by atoms with Gasteiger partial charge in [0.15, 0.2) is 11.5 Å². The first-order valence-corrected chi connectivity index (χ1v) is 8.41. The average molecular weight is 356 g/mol. The van der Waals surface area contributed by atoms with Crippen molar-refractivity contribution in [3.8, 4) is 22.8 Å². The summed E-state index contributed by atoms with van der Waals surface area (Å²) in [4.78, 5) is 16.1. The summed E-state index contributed by atoms with van der Waals surface area (Å²) in [5.41, 5.74) is 2.26. The molecule has 1 amide bonds. The lowest BCUT2D eigenvalue weighted by atomic mass is 10.1. The van der Waals surface area contributed by atoms with Crippen molar-refractivity contribution in [1.29, 1.82) is 0 Å². The molecule has 3 rings (SSSR count). The van der Waals surface area contributed by atoms with E-state index in [1.165, 1.54) is 23.5 Å². The third-order valence-electron chi connectivity index (χ3n) is 3.42. The van der Waals surface area contributed by atoms with Gasteiger partial charge in [0.05, 0.1) is 12.2 Å². The Morgan fingerprint density at radius 2 is 1.92 bits per heavy atom. The summed E-state index contributed by atoms with van der Waals surface area (Å²) in [6, 6.07) is 13.9. The van der Waals surface area contributed by atoms with Gasteiger partial charge in [-0.05, 0) is 23.8 Å². The molecule has 0 saturated carbocycles. The van der Waals surface area contributed by atoms with Crippen LogP contribution in [0.15, 0.2) is 53.9 Å². The number of ether oxygens (including phenoxy) is 1. The zero-order chi connectivity index (χ0) is 17.6. The van der Waals surface area contributed by atoms with E-state index in [-0.39, 0.29) is 24.7 Å². The monoisotopic (exact) mass is 356 g/mol. The maximum Gasteiger partial charge on any atom is 0.407 e. The quantitative estimate of drug-likeness (QED) is 0.607. The summed E-state index contributed by atoms with van der Waals surface area (Å²) in [6.45, 7) is 0.463. The molecule has 2 aromatic carbocycles. The number of nitrogens with zero attached hydrogens (tertiary/aromatic N) is 1. The van der Waals surface area contributed by atoms with Crippen LogP contribution in [0.4, 0.5) is 4.79 Å². The van der Waals surface area contributed by atoms with Crippen molar-refractivity contribution in [1.82, 2.24) is 10.3 Å². The number of phenols is 2. The van der Waals surface area contributed by atoms with Crippen LogP contribution in [0.25, 0.3) is 11.3 Å². The molecule has 0 aliphatic heterocycles. The lowest BCUT2D eigenvalue weighted by Crippen LogP contribution is -2.23. The number of aromatic hydroxyl groups is 2. The smallest absolute Gasteiger partial charge is 0.407 e. The van der Waals surface area contributed by atoms with E-state index in [1.807, 2.05) is 35.7 Å². The molecular formula is C18H16N2O4S. The summed E-state index contributed by atoms with van der Waals surface area (Å²) in [5.74, 6) is -0.378. The van der Waals surface area contributed by atoms with E-state index < -0.39 is 6.09 Å². The van der Waals surface area contributed by atoms with Gasteiger partial charge in [0.1, 0.15) is 11.6 Å². The van der Waals surface area contributed by atoms with Crippen LogP contribution in [-0.4, -0.2) is 21.3 Å². The molecule has 3 N–H and O–H groups in total. The molecule has 0 unspecified atom stereocenters. The summed E-state index contributed by atoms with van der Waals surface area (Å²) in [6.07, 6.45) is -0.511. The lowest BCUT2D eigenvalue weighted by Gasteiger charge is -2.05. The Morgan fingerprint density at radius 3 is 2.68 bits per heavy atom. The van der Waals surface area contributed by atoms with E-state index in [9.17, 15) is 15.0 Å². The number of thiazole rings is 1. The first-order chi connectivity index (χ1) is 12.1. The van der Waals surface area contributed by atoms with Crippen molar-refractivity contribution >= 4 is 17.4 Å². The third-order valence-corrected chi connectivity index (χ3v) is 4.27. The molecule has 7 heteroatoms. The molecule has 25 heavy (non-hydrogen) atoms. The van der Waals surface area contributed by atoms with Crippen molar-refractivity contribution in [3.05, 3.63) is 64.5 Å². The van der Waals surface area contributed by atoms with E-state index in [1.54, 1.807) is 6.07 Å². The fraction of sp³-hybridized carbons (Fsp3) is 0.111. The highest BCUT2D eigenvalue weighted by molar-refractivity contribution is 7.09. The van der Waals surface area contributed by atoms with Gasteiger partial charge >= 0.3 is 6.09 Å². The van der Waals surface area contributed by atoms with Crippen LogP contribution in [0.1, 0.15) is 10.6 Å². The standard InChI is InChI=1S/C18H16N2O4S/c21-15-7-6-13(8-16(15)22)14-11-25-17(20-14)9-19-18(23)24-10-12-4-2-1-3-5-12/h1-8,11,21-22H,9-10H2,(H,19,23). The number of carbonyl (C=O) groups is 1. The number of benzene rings is 2. The van der Waals surface area contributed by atoms with Gasteiger partial charge in [0.2, 0.25) is 0 Å².